The third-order valence-corrected chi connectivity index (χ3v) is 5.54. The maximum absolute atomic E-state index is 13.0. The SMILES string of the molecule is C[C@@H](C(=O)Nc1ccc(F)cc1)n1cnc2sc(-c3ccccc3)cc2c1=O. The summed E-state index contributed by atoms with van der Waals surface area (Å²) in [5, 5.41) is 3.16. The molecule has 0 saturated carbocycles. The minimum Gasteiger partial charge on any atom is -0.324 e. The number of benzene rings is 2. The normalized spacial score (nSPS) is 12.1. The Balaban J connectivity index is 1.64. The van der Waals surface area contributed by atoms with Gasteiger partial charge in [-0.3, -0.25) is 14.2 Å². The monoisotopic (exact) mass is 393 g/mol. The van der Waals surface area contributed by atoms with Crippen LogP contribution >= 0.6 is 11.3 Å². The molecule has 4 rings (SSSR count). The van der Waals surface area contributed by atoms with E-state index in [0.29, 0.717) is 15.9 Å². The molecule has 2 aromatic carbocycles. The quantitative estimate of drug-likeness (QED) is 0.557. The van der Waals surface area contributed by atoms with Crippen molar-refractivity contribution < 1.29 is 9.18 Å². The smallest absolute Gasteiger partial charge is 0.262 e. The van der Waals surface area contributed by atoms with Gasteiger partial charge in [0.05, 0.1) is 11.7 Å². The molecule has 0 unspecified atom stereocenters. The minimum atomic E-state index is -0.769. The first-order valence-corrected chi connectivity index (χ1v) is 9.47. The van der Waals surface area contributed by atoms with Crippen LogP contribution in [0.3, 0.4) is 0 Å². The molecule has 0 radical (unpaired) electrons. The summed E-state index contributed by atoms with van der Waals surface area (Å²) in [6.07, 6.45) is 1.39. The van der Waals surface area contributed by atoms with E-state index < -0.39 is 6.04 Å². The van der Waals surface area contributed by atoms with Crippen LogP contribution in [0, 0.1) is 5.82 Å². The Bertz CT molecular complexity index is 1200. The number of nitrogens with one attached hydrogen (secondary N) is 1. The van der Waals surface area contributed by atoms with Crippen LogP contribution in [-0.2, 0) is 4.79 Å². The van der Waals surface area contributed by atoms with Gasteiger partial charge in [0, 0.05) is 10.6 Å². The van der Waals surface area contributed by atoms with Crippen molar-refractivity contribution in [3.05, 3.63) is 83.2 Å². The van der Waals surface area contributed by atoms with Gasteiger partial charge in [0.15, 0.2) is 0 Å². The van der Waals surface area contributed by atoms with Gasteiger partial charge in [0.1, 0.15) is 16.7 Å². The van der Waals surface area contributed by atoms with Crippen LogP contribution in [0.15, 0.2) is 71.8 Å². The van der Waals surface area contributed by atoms with Crippen molar-refractivity contribution in [2.45, 2.75) is 13.0 Å². The second-order valence-electron chi connectivity index (χ2n) is 6.32. The summed E-state index contributed by atoms with van der Waals surface area (Å²) in [5.41, 5.74) is 1.20. The molecule has 0 spiro atoms. The highest BCUT2D eigenvalue weighted by Gasteiger charge is 2.19. The Labute approximate surface area is 164 Å². The molecule has 0 aliphatic rings. The number of aromatic nitrogens is 2. The van der Waals surface area contributed by atoms with E-state index in [9.17, 15) is 14.0 Å². The second kappa shape index (κ2) is 7.36. The fourth-order valence-corrected chi connectivity index (χ4v) is 3.86. The summed E-state index contributed by atoms with van der Waals surface area (Å²) in [6, 6.07) is 16.3. The number of hydrogen-bond acceptors (Lipinski definition) is 4. The van der Waals surface area contributed by atoms with Crippen LogP contribution in [0.25, 0.3) is 20.7 Å². The number of carbonyl (C=O) groups excluding carboxylic acids is 1. The van der Waals surface area contributed by atoms with Crippen molar-refractivity contribution in [1.29, 1.82) is 0 Å². The minimum absolute atomic E-state index is 0.273. The van der Waals surface area contributed by atoms with E-state index in [1.54, 1.807) is 6.92 Å². The number of fused-ring (bicyclic) bond motifs is 1. The summed E-state index contributed by atoms with van der Waals surface area (Å²) < 4.78 is 14.3. The van der Waals surface area contributed by atoms with Gasteiger partial charge in [0.25, 0.3) is 5.56 Å². The summed E-state index contributed by atoms with van der Waals surface area (Å²) in [5.74, 6) is -0.767. The number of thiophene rings is 1. The number of halogens is 1. The fourth-order valence-electron chi connectivity index (χ4n) is 2.86. The average Bonchev–Trinajstić information content (AvgIpc) is 3.15. The lowest BCUT2D eigenvalue weighted by Gasteiger charge is -2.14. The standard InChI is InChI=1S/C21H16FN3O2S/c1-13(19(26)24-16-9-7-15(22)8-10-16)25-12-23-20-17(21(25)27)11-18(28-20)14-5-3-2-4-6-14/h2-13H,1H3,(H,24,26)/t13-/m0/s1. The number of carbonyl (C=O) groups is 1. The maximum Gasteiger partial charge on any atom is 0.262 e. The molecule has 1 N–H and O–H groups in total. The zero-order valence-corrected chi connectivity index (χ0v) is 15.7. The van der Waals surface area contributed by atoms with Gasteiger partial charge in [-0.2, -0.15) is 0 Å². The topological polar surface area (TPSA) is 64.0 Å². The first kappa shape index (κ1) is 18.1. The van der Waals surface area contributed by atoms with Crippen LogP contribution < -0.4 is 10.9 Å². The molecule has 1 amide bonds. The molecule has 1 atom stereocenters. The predicted octanol–water partition coefficient (Wildman–Crippen LogP) is 4.46. The largest absolute Gasteiger partial charge is 0.324 e. The van der Waals surface area contributed by atoms with Gasteiger partial charge >= 0.3 is 0 Å². The highest BCUT2D eigenvalue weighted by Crippen LogP contribution is 2.30. The number of amides is 1. The Morgan fingerprint density at radius 3 is 2.57 bits per heavy atom. The molecule has 2 heterocycles. The third kappa shape index (κ3) is 3.44. The van der Waals surface area contributed by atoms with Crippen molar-refractivity contribution in [2.24, 2.45) is 0 Å². The van der Waals surface area contributed by atoms with Crippen molar-refractivity contribution in [1.82, 2.24) is 9.55 Å². The molecule has 0 aliphatic carbocycles. The average molecular weight is 393 g/mol. The first-order valence-electron chi connectivity index (χ1n) is 8.65. The molecule has 4 aromatic rings. The van der Waals surface area contributed by atoms with Crippen molar-refractivity contribution in [3.8, 4) is 10.4 Å². The van der Waals surface area contributed by atoms with E-state index in [4.69, 9.17) is 0 Å². The number of hydrogen-bond donors (Lipinski definition) is 1. The molecular weight excluding hydrogens is 377 g/mol. The van der Waals surface area contributed by atoms with E-state index in [2.05, 4.69) is 10.3 Å². The van der Waals surface area contributed by atoms with E-state index in [1.807, 2.05) is 36.4 Å². The van der Waals surface area contributed by atoms with Gasteiger partial charge in [-0.1, -0.05) is 30.3 Å². The van der Waals surface area contributed by atoms with Crippen LogP contribution in [0.5, 0.6) is 0 Å². The molecule has 0 aliphatic heterocycles. The molecule has 28 heavy (non-hydrogen) atoms. The molecule has 2 aromatic heterocycles. The number of nitrogens with zero attached hydrogens (tertiary/aromatic N) is 2. The van der Waals surface area contributed by atoms with Gasteiger partial charge < -0.3 is 5.32 Å². The zero-order chi connectivity index (χ0) is 19.7. The highest BCUT2D eigenvalue weighted by molar-refractivity contribution is 7.21. The zero-order valence-electron chi connectivity index (χ0n) is 14.9. The summed E-state index contributed by atoms with van der Waals surface area (Å²) in [7, 11) is 0. The molecule has 0 saturated heterocycles. The highest BCUT2D eigenvalue weighted by atomic mass is 32.1. The lowest BCUT2D eigenvalue weighted by molar-refractivity contribution is -0.118. The van der Waals surface area contributed by atoms with Crippen LogP contribution in [0.1, 0.15) is 13.0 Å². The lowest BCUT2D eigenvalue weighted by atomic mass is 10.2. The number of rotatable bonds is 4. The van der Waals surface area contributed by atoms with Crippen molar-refractivity contribution in [3.63, 3.8) is 0 Å². The third-order valence-electron chi connectivity index (χ3n) is 4.44. The Morgan fingerprint density at radius 2 is 1.86 bits per heavy atom. The van der Waals surface area contributed by atoms with E-state index >= 15 is 0 Å². The summed E-state index contributed by atoms with van der Waals surface area (Å²) in [6.45, 7) is 1.62. The predicted molar refractivity (Wildman–Crippen MR) is 109 cm³/mol. The van der Waals surface area contributed by atoms with Crippen molar-refractivity contribution in [2.75, 3.05) is 5.32 Å². The van der Waals surface area contributed by atoms with Gasteiger partial charge in [0.2, 0.25) is 5.91 Å². The molecule has 7 heteroatoms. The maximum atomic E-state index is 13.0. The van der Waals surface area contributed by atoms with Gasteiger partial charge in [-0.15, -0.1) is 11.3 Å². The first-order chi connectivity index (χ1) is 13.5. The van der Waals surface area contributed by atoms with Gasteiger partial charge in [-0.25, -0.2) is 9.37 Å². The molecule has 5 nitrogen and oxygen atoms in total. The van der Waals surface area contributed by atoms with E-state index in [0.717, 1.165) is 10.4 Å². The van der Waals surface area contributed by atoms with Crippen molar-refractivity contribution >= 4 is 33.1 Å². The molecule has 140 valence electrons. The Hall–Kier alpha value is -3.32. The molecule has 0 bridgehead atoms. The Morgan fingerprint density at radius 1 is 1.14 bits per heavy atom. The summed E-state index contributed by atoms with van der Waals surface area (Å²) >= 11 is 1.44. The van der Waals surface area contributed by atoms with Crippen LogP contribution in [-0.4, -0.2) is 15.5 Å². The van der Waals surface area contributed by atoms with Crippen LogP contribution in [0.4, 0.5) is 10.1 Å². The van der Waals surface area contributed by atoms with Gasteiger partial charge in [-0.05, 0) is 42.8 Å². The Kier molecular flexibility index (Phi) is 4.75. The number of anilines is 1. The fraction of sp³-hybridized carbons (Fsp3) is 0.0952. The summed E-state index contributed by atoms with van der Waals surface area (Å²) in [4.78, 5) is 31.4. The van der Waals surface area contributed by atoms with E-state index in [1.165, 1.54) is 46.5 Å². The van der Waals surface area contributed by atoms with Crippen LogP contribution in [0.2, 0.25) is 0 Å². The lowest BCUT2D eigenvalue weighted by Crippen LogP contribution is -2.31. The molecular formula is C21H16FN3O2S. The molecule has 0 fully saturated rings. The second-order valence-corrected chi connectivity index (χ2v) is 7.36. The van der Waals surface area contributed by atoms with E-state index in [-0.39, 0.29) is 17.3 Å².